The van der Waals surface area contributed by atoms with E-state index in [1.807, 2.05) is 6.92 Å². The van der Waals surface area contributed by atoms with Crippen LogP contribution in [0.4, 0.5) is 5.69 Å². The summed E-state index contributed by atoms with van der Waals surface area (Å²) in [6.45, 7) is 3.61. The second-order valence-electron chi connectivity index (χ2n) is 4.46. The van der Waals surface area contributed by atoms with Gasteiger partial charge in [0.05, 0.1) is 11.1 Å². The largest absolute Gasteiger partial charge is 0.398 e. The van der Waals surface area contributed by atoms with E-state index in [1.165, 1.54) is 12.1 Å². The molecule has 0 saturated carbocycles. The summed E-state index contributed by atoms with van der Waals surface area (Å²) in [5.41, 5.74) is 8.16. The molecule has 1 heterocycles. The summed E-state index contributed by atoms with van der Waals surface area (Å²) in [4.78, 5) is 0.0867. The molecule has 0 aliphatic rings. The van der Waals surface area contributed by atoms with Crippen LogP contribution < -0.4 is 10.5 Å². The van der Waals surface area contributed by atoms with E-state index >= 15 is 0 Å². The van der Waals surface area contributed by atoms with Crippen molar-refractivity contribution in [2.75, 3.05) is 5.73 Å². The molecule has 0 bridgehead atoms. The average molecular weight is 315 g/mol. The number of nitrogens with one attached hydrogen (secondary N) is 2. The Hall–Kier alpha value is -1.57. The lowest BCUT2D eigenvalue weighted by molar-refractivity contribution is 0.580. The summed E-state index contributed by atoms with van der Waals surface area (Å²) in [6, 6.07) is 2.91. The number of rotatable bonds is 4. The number of sulfonamides is 1. The maximum absolute atomic E-state index is 12.3. The van der Waals surface area contributed by atoms with E-state index in [1.54, 1.807) is 13.1 Å². The van der Waals surface area contributed by atoms with Crippen molar-refractivity contribution in [2.24, 2.45) is 0 Å². The van der Waals surface area contributed by atoms with E-state index < -0.39 is 10.0 Å². The van der Waals surface area contributed by atoms with Crippen molar-refractivity contribution >= 4 is 27.3 Å². The first-order valence-electron chi connectivity index (χ1n) is 5.85. The minimum absolute atomic E-state index is 0.0867. The lowest BCUT2D eigenvalue weighted by Gasteiger charge is -2.11. The van der Waals surface area contributed by atoms with Crippen LogP contribution in [0.25, 0.3) is 0 Å². The van der Waals surface area contributed by atoms with E-state index in [0.717, 1.165) is 11.3 Å². The predicted octanol–water partition coefficient (Wildman–Crippen LogP) is 1.74. The molecule has 0 spiro atoms. The van der Waals surface area contributed by atoms with Gasteiger partial charge >= 0.3 is 0 Å². The van der Waals surface area contributed by atoms with Gasteiger partial charge in [-0.15, -0.1) is 0 Å². The van der Waals surface area contributed by atoms with Gasteiger partial charge in [0.2, 0.25) is 10.0 Å². The highest BCUT2D eigenvalue weighted by Crippen LogP contribution is 2.26. The number of hydrogen-bond donors (Lipinski definition) is 3. The zero-order valence-electron chi connectivity index (χ0n) is 11.1. The normalized spacial score (nSPS) is 11.8. The van der Waals surface area contributed by atoms with E-state index in [2.05, 4.69) is 14.9 Å². The summed E-state index contributed by atoms with van der Waals surface area (Å²) >= 11 is 5.87. The van der Waals surface area contributed by atoms with Gasteiger partial charge in [0.15, 0.2) is 0 Å². The Labute approximate surface area is 122 Å². The Balaban J connectivity index is 2.29. The van der Waals surface area contributed by atoms with Gasteiger partial charge in [-0.05, 0) is 31.5 Å². The molecule has 0 amide bonds. The Morgan fingerprint density at radius 1 is 1.40 bits per heavy atom. The summed E-state index contributed by atoms with van der Waals surface area (Å²) < 4.78 is 27.1. The summed E-state index contributed by atoms with van der Waals surface area (Å²) in [5.74, 6) is 0. The number of H-pyrrole nitrogens is 1. The SMILES string of the molecule is Cc1[nH]ncc1CNS(=O)(=O)c1cc(Cl)cc(N)c1C. The van der Waals surface area contributed by atoms with Gasteiger partial charge in [-0.3, -0.25) is 5.10 Å². The minimum atomic E-state index is -3.68. The van der Waals surface area contributed by atoms with Crippen LogP contribution in [0.2, 0.25) is 5.02 Å². The van der Waals surface area contributed by atoms with Crippen molar-refractivity contribution in [3.8, 4) is 0 Å². The maximum Gasteiger partial charge on any atom is 0.241 e. The fourth-order valence-electron chi connectivity index (χ4n) is 1.76. The third-order valence-electron chi connectivity index (χ3n) is 3.04. The molecule has 0 saturated heterocycles. The number of nitrogens with zero attached hydrogens (tertiary/aromatic N) is 1. The van der Waals surface area contributed by atoms with Gasteiger partial charge < -0.3 is 5.73 Å². The molecule has 2 rings (SSSR count). The molecule has 0 aliphatic heterocycles. The first-order valence-corrected chi connectivity index (χ1v) is 7.71. The van der Waals surface area contributed by atoms with Crippen molar-refractivity contribution < 1.29 is 8.42 Å². The third kappa shape index (κ3) is 2.95. The molecule has 0 aliphatic carbocycles. The summed E-state index contributed by atoms with van der Waals surface area (Å²) in [7, 11) is -3.68. The van der Waals surface area contributed by atoms with Crippen molar-refractivity contribution in [2.45, 2.75) is 25.3 Å². The highest BCUT2D eigenvalue weighted by Gasteiger charge is 2.19. The fourth-order valence-corrected chi connectivity index (χ4v) is 3.35. The number of aromatic nitrogens is 2. The molecule has 0 radical (unpaired) electrons. The van der Waals surface area contributed by atoms with Gasteiger partial charge in [0.25, 0.3) is 0 Å². The molecule has 2 aromatic rings. The first-order chi connectivity index (χ1) is 9.31. The Morgan fingerprint density at radius 3 is 2.70 bits per heavy atom. The second-order valence-corrected chi connectivity index (χ2v) is 6.63. The number of aryl methyl sites for hydroxylation is 1. The van der Waals surface area contributed by atoms with Crippen LogP contribution in [-0.4, -0.2) is 18.6 Å². The number of nitrogens with two attached hydrogens (primary N) is 1. The fraction of sp³-hybridized carbons (Fsp3) is 0.250. The maximum atomic E-state index is 12.3. The van der Waals surface area contributed by atoms with Crippen molar-refractivity contribution in [1.82, 2.24) is 14.9 Å². The van der Waals surface area contributed by atoms with E-state index in [4.69, 9.17) is 17.3 Å². The number of hydrogen-bond acceptors (Lipinski definition) is 4. The quantitative estimate of drug-likeness (QED) is 0.748. The Morgan fingerprint density at radius 2 is 2.10 bits per heavy atom. The topological polar surface area (TPSA) is 101 Å². The van der Waals surface area contributed by atoms with Crippen molar-refractivity contribution in [3.63, 3.8) is 0 Å². The first kappa shape index (κ1) is 14.8. The molecule has 108 valence electrons. The average Bonchev–Trinajstić information content (AvgIpc) is 2.77. The summed E-state index contributed by atoms with van der Waals surface area (Å²) in [6.07, 6.45) is 1.58. The van der Waals surface area contributed by atoms with Crippen LogP contribution in [0.1, 0.15) is 16.8 Å². The van der Waals surface area contributed by atoms with Gasteiger partial charge in [0, 0.05) is 28.5 Å². The molecule has 6 nitrogen and oxygen atoms in total. The van der Waals surface area contributed by atoms with Crippen LogP contribution >= 0.6 is 11.6 Å². The van der Waals surface area contributed by atoms with Gasteiger partial charge in [-0.2, -0.15) is 5.10 Å². The van der Waals surface area contributed by atoms with Crippen LogP contribution in [0.3, 0.4) is 0 Å². The third-order valence-corrected chi connectivity index (χ3v) is 4.79. The number of halogens is 1. The highest BCUT2D eigenvalue weighted by molar-refractivity contribution is 7.89. The van der Waals surface area contributed by atoms with Crippen molar-refractivity contribution in [3.05, 3.63) is 40.2 Å². The molecule has 1 aromatic carbocycles. The molecule has 8 heteroatoms. The zero-order valence-corrected chi connectivity index (χ0v) is 12.6. The zero-order chi connectivity index (χ0) is 14.9. The molecule has 0 unspecified atom stereocenters. The van der Waals surface area contributed by atoms with E-state index in [9.17, 15) is 8.42 Å². The number of anilines is 1. The summed E-state index contributed by atoms with van der Waals surface area (Å²) in [5, 5.41) is 6.87. The number of nitrogen functional groups attached to an aromatic ring is 1. The van der Waals surface area contributed by atoms with Crippen LogP contribution in [0.15, 0.2) is 23.2 Å². The number of benzene rings is 1. The molecule has 4 N–H and O–H groups in total. The lowest BCUT2D eigenvalue weighted by Crippen LogP contribution is -2.24. The van der Waals surface area contributed by atoms with Crippen molar-refractivity contribution in [1.29, 1.82) is 0 Å². The molecular weight excluding hydrogens is 300 g/mol. The number of aromatic amines is 1. The van der Waals surface area contributed by atoms with Crippen LogP contribution in [0, 0.1) is 13.8 Å². The second kappa shape index (κ2) is 5.43. The molecular formula is C12H15ClN4O2S. The molecule has 20 heavy (non-hydrogen) atoms. The molecule has 1 aromatic heterocycles. The Bertz CT molecular complexity index is 740. The van der Waals surface area contributed by atoms with E-state index in [0.29, 0.717) is 11.3 Å². The monoisotopic (exact) mass is 314 g/mol. The lowest BCUT2D eigenvalue weighted by atomic mass is 10.2. The highest BCUT2D eigenvalue weighted by atomic mass is 35.5. The van der Waals surface area contributed by atoms with E-state index in [-0.39, 0.29) is 16.5 Å². The standard InChI is InChI=1S/C12H15ClN4O2S/c1-7-11(14)3-10(13)4-12(7)20(18,19)16-6-9-5-15-17-8(9)2/h3-5,16H,6,14H2,1-2H3,(H,15,17). The van der Waals surface area contributed by atoms with Gasteiger partial charge in [-0.1, -0.05) is 11.6 Å². The molecule has 0 atom stereocenters. The molecule has 0 fully saturated rings. The van der Waals surface area contributed by atoms with Crippen LogP contribution in [0.5, 0.6) is 0 Å². The minimum Gasteiger partial charge on any atom is -0.398 e. The van der Waals surface area contributed by atoms with Gasteiger partial charge in [-0.25, -0.2) is 13.1 Å². The van der Waals surface area contributed by atoms with Gasteiger partial charge in [0.1, 0.15) is 0 Å². The predicted molar refractivity (Wildman–Crippen MR) is 78.0 cm³/mol. The smallest absolute Gasteiger partial charge is 0.241 e. The van der Waals surface area contributed by atoms with Crippen LogP contribution in [-0.2, 0) is 16.6 Å². The Kier molecular flexibility index (Phi) is 4.03.